The summed E-state index contributed by atoms with van der Waals surface area (Å²) in [5.41, 5.74) is 0.869. The zero-order valence-corrected chi connectivity index (χ0v) is 12.4. The topological polar surface area (TPSA) is 101 Å². The lowest BCUT2D eigenvalue weighted by Gasteiger charge is -2.09. The fraction of sp³-hybridized carbons (Fsp3) is 0.429. The molecular formula is C14H17NO5S. The van der Waals surface area contributed by atoms with Crippen molar-refractivity contribution < 1.29 is 23.1 Å². The van der Waals surface area contributed by atoms with E-state index in [1.165, 1.54) is 12.1 Å². The molecule has 0 saturated heterocycles. The van der Waals surface area contributed by atoms with E-state index >= 15 is 0 Å². The fourth-order valence-electron chi connectivity index (χ4n) is 2.60. The number of rotatable bonds is 5. The molecule has 0 aromatic heterocycles. The van der Waals surface area contributed by atoms with E-state index in [0.717, 1.165) is 6.26 Å². The Balaban J connectivity index is 2.05. The van der Waals surface area contributed by atoms with Gasteiger partial charge in [-0.2, -0.15) is 0 Å². The molecule has 0 spiro atoms. The van der Waals surface area contributed by atoms with Gasteiger partial charge in [-0.25, -0.2) is 8.42 Å². The summed E-state index contributed by atoms with van der Waals surface area (Å²) in [6.45, 7) is 0. The SMILES string of the molecule is CS(=O)(=O)Nc1ccc(C(=O)C2CCC(C(=O)O)C2)cc1. The van der Waals surface area contributed by atoms with Gasteiger partial charge in [-0.15, -0.1) is 0 Å². The van der Waals surface area contributed by atoms with E-state index in [1.54, 1.807) is 12.1 Å². The Kier molecular flexibility index (Phi) is 4.32. The minimum atomic E-state index is -3.34. The summed E-state index contributed by atoms with van der Waals surface area (Å²) in [5.74, 6) is -1.63. The van der Waals surface area contributed by atoms with Crippen LogP contribution in [0.2, 0.25) is 0 Å². The second kappa shape index (κ2) is 5.85. The molecule has 2 N–H and O–H groups in total. The highest BCUT2D eigenvalue weighted by atomic mass is 32.2. The molecule has 1 aromatic rings. The average molecular weight is 311 g/mol. The van der Waals surface area contributed by atoms with Crippen LogP contribution in [-0.4, -0.2) is 31.5 Å². The van der Waals surface area contributed by atoms with Crippen LogP contribution in [0, 0.1) is 11.8 Å². The maximum absolute atomic E-state index is 12.3. The molecule has 2 unspecified atom stereocenters. The summed E-state index contributed by atoms with van der Waals surface area (Å²) in [4.78, 5) is 23.2. The fourth-order valence-corrected chi connectivity index (χ4v) is 3.16. The van der Waals surface area contributed by atoms with Crippen LogP contribution in [0.15, 0.2) is 24.3 Å². The number of sulfonamides is 1. The number of ketones is 1. The normalized spacial score (nSPS) is 22.0. The third kappa shape index (κ3) is 4.04. The first-order valence-corrected chi connectivity index (χ1v) is 8.50. The summed E-state index contributed by atoms with van der Waals surface area (Å²) >= 11 is 0. The number of carbonyl (C=O) groups is 2. The van der Waals surface area contributed by atoms with Crippen LogP contribution >= 0.6 is 0 Å². The van der Waals surface area contributed by atoms with Crippen LogP contribution in [-0.2, 0) is 14.8 Å². The first-order valence-electron chi connectivity index (χ1n) is 6.61. The predicted molar refractivity (Wildman–Crippen MR) is 77.7 cm³/mol. The zero-order chi connectivity index (χ0) is 15.6. The Labute approximate surface area is 123 Å². The second-order valence-corrected chi connectivity index (χ2v) is 7.11. The summed E-state index contributed by atoms with van der Waals surface area (Å²) < 4.78 is 24.5. The summed E-state index contributed by atoms with van der Waals surface area (Å²) in [6.07, 6.45) is 2.53. The Bertz CT molecular complexity index is 650. The highest BCUT2D eigenvalue weighted by Crippen LogP contribution is 2.33. The molecule has 1 saturated carbocycles. The summed E-state index contributed by atoms with van der Waals surface area (Å²) in [5, 5.41) is 8.95. The van der Waals surface area contributed by atoms with Gasteiger partial charge in [-0.1, -0.05) is 0 Å². The van der Waals surface area contributed by atoms with Crippen LogP contribution < -0.4 is 4.72 Å². The quantitative estimate of drug-likeness (QED) is 0.807. The number of benzene rings is 1. The van der Waals surface area contributed by atoms with Gasteiger partial charge in [0.2, 0.25) is 10.0 Å². The van der Waals surface area contributed by atoms with Crippen molar-refractivity contribution in [2.24, 2.45) is 11.8 Å². The molecule has 7 heteroatoms. The average Bonchev–Trinajstić information content (AvgIpc) is 2.86. The molecule has 1 aromatic carbocycles. The van der Waals surface area contributed by atoms with Gasteiger partial charge in [-0.05, 0) is 43.5 Å². The van der Waals surface area contributed by atoms with Crippen molar-refractivity contribution >= 4 is 27.5 Å². The van der Waals surface area contributed by atoms with Crippen LogP contribution in [0.25, 0.3) is 0 Å². The van der Waals surface area contributed by atoms with Gasteiger partial charge in [-0.3, -0.25) is 14.3 Å². The van der Waals surface area contributed by atoms with Crippen molar-refractivity contribution in [1.29, 1.82) is 0 Å². The molecule has 0 bridgehead atoms. The Morgan fingerprint density at radius 3 is 2.19 bits per heavy atom. The predicted octanol–water partition coefficient (Wildman–Crippen LogP) is 1.74. The highest BCUT2D eigenvalue weighted by molar-refractivity contribution is 7.92. The number of hydrogen-bond donors (Lipinski definition) is 2. The second-order valence-electron chi connectivity index (χ2n) is 5.36. The maximum atomic E-state index is 12.3. The van der Waals surface area contributed by atoms with Crippen LogP contribution in [0.5, 0.6) is 0 Å². The van der Waals surface area contributed by atoms with E-state index in [0.29, 0.717) is 30.5 Å². The van der Waals surface area contributed by atoms with E-state index < -0.39 is 21.9 Å². The van der Waals surface area contributed by atoms with Gasteiger partial charge < -0.3 is 5.11 Å². The number of Topliss-reactive ketones (excluding diaryl/α,β-unsaturated/α-hetero) is 1. The van der Waals surface area contributed by atoms with Gasteiger partial charge in [0.05, 0.1) is 12.2 Å². The van der Waals surface area contributed by atoms with Crippen molar-refractivity contribution in [2.45, 2.75) is 19.3 Å². The number of nitrogens with one attached hydrogen (secondary N) is 1. The summed E-state index contributed by atoms with van der Waals surface area (Å²) in [6, 6.07) is 6.17. The van der Waals surface area contributed by atoms with Crippen LogP contribution in [0.4, 0.5) is 5.69 Å². The van der Waals surface area contributed by atoms with Gasteiger partial charge in [0.1, 0.15) is 0 Å². The molecule has 0 heterocycles. The van der Waals surface area contributed by atoms with Gasteiger partial charge in [0.15, 0.2) is 5.78 Å². The van der Waals surface area contributed by atoms with Crippen molar-refractivity contribution in [3.05, 3.63) is 29.8 Å². The molecular weight excluding hydrogens is 294 g/mol. The van der Waals surface area contributed by atoms with Crippen LogP contribution in [0.1, 0.15) is 29.6 Å². The Hall–Kier alpha value is -1.89. The van der Waals surface area contributed by atoms with Crippen LogP contribution in [0.3, 0.4) is 0 Å². The highest BCUT2D eigenvalue weighted by Gasteiger charge is 2.34. The van der Waals surface area contributed by atoms with E-state index in [2.05, 4.69) is 4.72 Å². The standard InChI is InChI=1S/C14H17NO5S/c1-21(19,20)15-12-6-4-9(5-7-12)13(16)10-2-3-11(8-10)14(17)18/h4-7,10-11,15H,2-3,8H2,1H3,(H,17,18). The number of carboxylic acids is 1. The first kappa shape index (κ1) is 15.5. The van der Waals surface area contributed by atoms with E-state index in [-0.39, 0.29) is 11.7 Å². The molecule has 2 atom stereocenters. The Morgan fingerprint density at radius 1 is 1.14 bits per heavy atom. The molecule has 6 nitrogen and oxygen atoms in total. The molecule has 0 amide bonds. The third-order valence-electron chi connectivity index (χ3n) is 3.63. The first-order chi connectivity index (χ1) is 9.76. The molecule has 1 fully saturated rings. The minimum Gasteiger partial charge on any atom is -0.481 e. The van der Waals surface area contributed by atoms with Gasteiger partial charge in [0, 0.05) is 17.2 Å². The Morgan fingerprint density at radius 2 is 1.71 bits per heavy atom. The largest absolute Gasteiger partial charge is 0.481 e. The lowest BCUT2D eigenvalue weighted by Crippen LogP contribution is -2.15. The molecule has 0 aliphatic heterocycles. The number of hydrogen-bond acceptors (Lipinski definition) is 4. The van der Waals surface area contributed by atoms with Gasteiger partial charge in [0.25, 0.3) is 0 Å². The molecule has 0 radical (unpaired) electrons. The monoisotopic (exact) mass is 311 g/mol. The number of carbonyl (C=O) groups excluding carboxylic acids is 1. The molecule has 114 valence electrons. The van der Waals surface area contributed by atoms with E-state index in [9.17, 15) is 18.0 Å². The van der Waals surface area contributed by atoms with Crippen molar-refractivity contribution in [2.75, 3.05) is 11.0 Å². The number of aliphatic carboxylic acids is 1. The lowest BCUT2D eigenvalue weighted by molar-refractivity contribution is -0.141. The van der Waals surface area contributed by atoms with Crippen molar-refractivity contribution in [1.82, 2.24) is 0 Å². The maximum Gasteiger partial charge on any atom is 0.306 e. The third-order valence-corrected chi connectivity index (χ3v) is 4.23. The zero-order valence-electron chi connectivity index (χ0n) is 11.6. The minimum absolute atomic E-state index is 0.0790. The van der Waals surface area contributed by atoms with Crippen molar-refractivity contribution in [3.63, 3.8) is 0 Å². The smallest absolute Gasteiger partial charge is 0.306 e. The lowest BCUT2D eigenvalue weighted by atomic mass is 9.95. The number of anilines is 1. The van der Waals surface area contributed by atoms with Gasteiger partial charge >= 0.3 is 5.97 Å². The van der Waals surface area contributed by atoms with Crippen molar-refractivity contribution in [3.8, 4) is 0 Å². The van der Waals surface area contributed by atoms with E-state index in [1.807, 2.05) is 0 Å². The summed E-state index contributed by atoms with van der Waals surface area (Å²) in [7, 11) is -3.34. The van der Waals surface area contributed by atoms with E-state index in [4.69, 9.17) is 5.11 Å². The molecule has 1 aliphatic rings. The molecule has 2 rings (SSSR count). The number of carboxylic acid groups (broad SMARTS) is 1. The molecule has 21 heavy (non-hydrogen) atoms. The molecule has 1 aliphatic carbocycles.